The maximum atomic E-state index is 12.5. The highest BCUT2D eigenvalue weighted by atomic mass is 35.5. The van der Waals surface area contributed by atoms with Gasteiger partial charge in [-0.3, -0.25) is 14.5 Å². The molecule has 1 aliphatic carbocycles. The second-order valence-corrected chi connectivity index (χ2v) is 8.40. The molecule has 0 radical (unpaired) electrons. The van der Waals surface area contributed by atoms with Crippen LogP contribution in [0.25, 0.3) is 0 Å². The SMILES string of the molecule is Cc1ccc(C)c(NC(=O)CN(CCC(=O)Nc2cc(Cl)cc(Cl)c2)C2CC2)c1. The molecule has 154 valence electrons. The number of carbonyl (C=O) groups is 2. The standard InChI is InChI=1S/C22H25Cl2N3O2/c1-14-3-4-15(2)20(9-14)26-22(29)13-27(19-5-6-19)8-7-21(28)25-18-11-16(23)10-17(24)12-18/h3-4,9-12,19H,5-8,13H2,1-2H3,(H,25,28)(H,26,29). The second-order valence-electron chi connectivity index (χ2n) is 7.52. The van der Waals surface area contributed by atoms with Gasteiger partial charge in [0.15, 0.2) is 0 Å². The van der Waals surface area contributed by atoms with Crippen LogP contribution in [0, 0.1) is 13.8 Å². The van der Waals surface area contributed by atoms with E-state index in [-0.39, 0.29) is 24.8 Å². The molecule has 0 saturated heterocycles. The molecule has 29 heavy (non-hydrogen) atoms. The number of anilines is 2. The Morgan fingerprint density at radius 1 is 1.00 bits per heavy atom. The number of nitrogens with zero attached hydrogens (tertiary/aromatic N) is 1. The lowest BCUT2D eigenvalue weighted by atomic mass is 10.1. The summed E-state index contributed by atoms with van der Waals surface area (Å²) >= 11 is 11.9. The summed E-state index contributed by atoms with van der Waals surface area (Å²) in [7, 11) is 0. The van der Waals surface area contributed by atoms with Crippen molar-refractivity contribution < 1.29 is 9.59 Å². The molecule has 2 N–H and O–H groups in total. The minimum absolute atomic E-state index is 0.0624. The van der Waals surface area contributed by atoms with Crippen molar-refractivity contribution in [1.29, 1.82) is 0 Å². The van der Waals surface area contributed by atoms with Crippen LogP contribution >= 0.6 is 23.2 Å². The zero-order chi connectivity index (χ0) is 21.0. The lowest BCUT2D eigenvalue weighted by Gasteiger charge is -2.21. The highest BCUT2D eigenvalue weighted by Crippen LogP contribution is 2.27. The van der Waals surface area contributed by atoms with Gasteiger partial charge in [-0.25, -0.2) is 0 Å². The molecule has 7 heteroatoms. The van der Waals surface area contributed by atoms with E-state index in [2.05, 4.69) is 15.5 Å². The molecule has 0 heterocycles. The van der Waals surface area contributed by atoms with E-state index in [0.717, 1.165) is 29.7 Å². The molecular formula is C22H25Cl2N3O2. The Morgan fingerprint density at radius 3 is 2.34 bits per heavy atom. The van der Waals surface area contributed by atoms with E-state index in [1.807, 2.05) is 32.0 Å². The Balaban J connectivity index is 1.53. The third-order valence-electron chi connectivity index (χ3n) is 4.85. The Labute approximate surface area is 181 Å². The fourth-order valence-corrected chi connectivity index (χ4v) is 3.70. The van der Waals surface area contributed by atoms with Crippen molar-refractivity contribution in [3.05, 3.63) is 57.6 Å². The van der Waals surface area contributed by atoms with E-state index in [4.69, 9.17) is 23.2 Å². The monoisotopic (exact) mass is 433 g/mol. The second kappa shape index (κ2) is 9.61. The van der Waals surface area contributed by atoms with Crippen LogP contribution in [0.1, 0.15) is 30.4 Å². The number of amides is 2. The van der Waals surface area contributed by atoms with Crippen LogP contribution in [-0.4, -0.2) is 35.8 Å². The Hall–Kier alpha value is -2.08. The zero-order valence-electron chi connectivity index (χ0n) is 16.6. The van der Waals surface area contributed by atoms with E-state index >= 15 is 0 Å². The molecule has 0 bridgehead atoms. The molecule has 5 nitrogen and oxygen atoms in total. The van der Waals surface area contributed by atoms with Crippen LogP contribution in [0.5, 0.6) is 0 Å². The Bertz CT molecular complexity index is 893. The fraction of sp³-hybridized carbons (Fsp3) is 0.364. The van der Waals surface area contributed by atoms with Crippen LogP contribution in [0.15, 0.2) is 36.4 Å². The summed E-state index contributed by atoms with van der Waals surface area (Å²) in [6.45, 7) is 4.76. The third-order valence-corrected chi connectivity index (χ3v) is 5.29. The average Bonchev–Trinajstić information content (AvgIpc) is 3.46. The molecule has 0 atom stereocenters. The summed E-state index contributed by atoms with van der Waals surface area (Å²) in [6, 6.07) is 11.3. The van der Waals surface area contributed by atoms with Crippen LogP contribution in [-0.2, 0) is 9.59 Å². The van der Waals surface area contributed by atoms with Crippen LogP contribution in [0.2, 0.25) is 10.0 Å². The van der Waals surface area contributed by atoms with Gasteiger partial charge in [0, 0.05) is 40.4 Å². The first-order chi connectivity index (χ1) is 13.8. The number of hydrogen-bond donors (Lipinski definition) is 2. The molecule has 2 aromatic rings. The van der Waals surface area contributed by atoms with Crippen LogP contribution in [0.3, 0.4) is 0 Å². The van der Waals surface area contributed by atoms with Gasteiger partial charge in [-0.05, 0) is 62.1 Å². The van der Waals surface area contributed by atoms with Crippen molar-refractivity contribution in [3.8, 4) is 0 Å². The number of aryl methyl sites for hydroxylation is 2. The van der Waals surface area contributed by atoms with Gasteiger partial charge in [-0.1, -0.05) is 35.3 Å². The molecule has 1 aliphatic rings. The minimum atomic E-state index is -0.135. The average molecular weight is 434 g/mol. The first kappa shape index (κ1) is 21.6. The van der Waals surface area contributed by atoms with E-state index < -0.39 is 0 Å². The molecule has 0 spiro atoms. The van der Waals surface area contributed by atoms with Gasteiger partial charge < -0.3 is 10.6 Å². The minimum Gasteiger partial charge on any atom is -0.326 e. The maximum Gasteiger partial charge on any atom is 0.238 e. The van der Waals surface area contributed by atoms with Gasteiger partial charge in [-0.15, -0.1) is 0 Å². The number of carbonyl (C=O) groups excluding carboxylic acids is 2. The van der Waals surface area contributed by atoms with E-state index in [0.29, 0.717) is 28.3 Å². The molecule has 1 saturated carbocycles. The Kier molecular flexibility index (Phi) is 7.17. The predicted molar refractivity (Wildman–Crippen MR) is 119 cm³/mol. The van der Waals surface area contributed by atoms with Crippen molar-refractivity contribution in [3.63, 3.8) is 0 Å². The van der Waals surface area contributed by atoms with Gasteiger partial charge in [-0.2, -0.15) is 0 Å². The molecule has 1 fully saturated rings. The van der Waals surface area contributed by atoms with Gasteiger partial charge in [0.1, 0.15) is 0 Å². The summed E-state index contributed by atoms with van der Waals surface area (Å²) < 4.78 is 0. The van der Waals surface area contributed by atoms with Gasteiger partial charge in [0.25, 0.3) is 0 Å². The molecule has 0 aliphatic heterocycles. The van der Waals surface area contributed by atoms with E-state index in [9.17, 15) is 9.59 Å². The van der Waals surface area contributed by atoms with Crippen molar-refractivity contribution >= 4 is 46.4 Å². The smallest absolute Gasteiger partial charge is 0.238 e. The first-order valence-electron chi connectivity index (χ1n) is 9.67. The summed E-state index contributed by atoms with van der Waals surface area (Å²) in [5.41, 5.74) is 3.53. The van der Waals surface area contributed by atoms with E-state index in [1.165, 1.54) is 0 Å². The van der Waals surface area contributed by atoms with Gasteiger partial charge in [0.2, 0.25) is 11.8 Å². The molecule has 3 rings (SSSR count). The van der Waals surface area contributed by atoms with Gasteiger partial charge in [0.05, 0.1) is 6.54 Å². The molecule has 0 aromatic heterocycles. The molecule has 2 aromatic carbocycles. The highest BCUT2D eigenvalue weighted by molar-refractivity contribution is 6.35. The predicted octanol–water partition coefficient (Wildman–Crippen LogP) is 5.04. The highest BCUT2D eigenvalue weighted by Gasteiger charge is 2.30. The van der Waals surface area contributed by atoms with E-state index in [1.54, 1.807) is 18.2 Å². The van der Waals surface area contributed by atoms with Crippen LogP contribution < -0.4 is 10.6 Å². The van der Waals surface area contributed by atoms with Crippen molar-refractivity contribution in [2.75, 3.05) is 23.7 Å². The number of hydrogen-bond acceptors (Lipinski definition) is 3. The fourth-order valence-electron chi connectivity index (χ4n) is 3.17. The quantitative estimate of drug-likeness (QED) is 0.612. The topological polar surface area (TPSA) is 61.4 Å². The summed E-state index contributed by atoms with van der Waals surface area (Å²) in [5, 5.41) is 6.74. The zero-order valence-corrected chi connectivity index (χ0v) is 18.1. The van der Waals surface area contributed by atoms with Crippen molar-refractivity contribution in [2.45, 2.75) is 39.2 Å². The molecule has 0 unspecified atom stereocenters. The molecule has 2 amide bonds. The normalized spacial score (nSPS) is 13.4. The van der Waals surface area contributed by atoms with Crippen LogP contribution in [0.4, 0.5) is 11.4 Å². The number of benzene rings is 2. The lowest BCUT2D eigenvalue weighted by molar-refractivity contribution is -0.119. The summed E-state index contributed by atoms with van der Waals surface area (Å²) in [5.74, 6) is -0.198. The largest absolute Gasteiger partial charge is 0.326 e. The number of halogens is 2. The first-order valence-corrected chi connectivity index (χ1v) is 10.4. The third kappa shape index (κ3) is 6.74. The lowest BCUT2D eigenvalue weighted by Crippen LogP contribution is -2.37. The maximum absolute atomic E-state index is 12.5. The van der Waals surface area contributed by atoms with Crippen molar-refractivity contribution in [2.24, 2.45) is 0 Å². The summed E-state index contributed by atoms with van der Waals surface area (Å²) in [6.07, 6.45) is 2.40. The summed E-state index contributed by atoms with van der Waals surface area (Å²) in [4.78, 5) is 26.9. The Morgan fingerprint density at radius 2 is 1.69 bits per heavy atom. The number of nitrogens with one attached hydrogen (secondary N) is 2. The number of rotatable bonds is 8. The molecular weight excluding hydrogens is 409 g/mol. The van der Waals surface area contributed by atoms with Crippen molar-refractivity contribution in [1.82, 2.24) is 4.90 Å². The van der Waals surface area contributed by atoms with Gasteiger partial charge >= 0.3 is 0 Å².